The predicted molar refractivity (Wildman–Crippen MR) is 161 cm³/mol. The number of amides is 1. The molecule has 4 heterocycles. The number of anilines is 1. The van der Waals surface area contributed by atoms with Gasteiger partial charge in [-0.2, -0.15) is 18.2 Å². The first-order valence-electron chi connectivity index (χ1n) is 14.1. The maximum Gasteiger partial charge on any atom is 0.416 e. The van der Waals surface area contributed by atoms with Gasteiger partial charge in [-0.25, -0.2) is 4.98 Å². The van der Waals surface area contributed by atoms with Gasteiger partial charge in [0.2, 0.25) is 5.88 Å². The highest BCUT2D eigenvalue weighted by atomic mass is 19.4. The lowest BCUT2D eigenvalue weighted by Crippen LogP contribution is -2.44. The van der Waals surface area contributed by atoms with Crippen LogP contribution >= 0.6 is 0 Å². The van der Waals surface area contributed by atoms with E-state index in [-0.39, 0.29) is 23.6 Å². The number of piperazine rings is 1. The number of aromatic amines is 1. The Bertz CT molecular complexity index is 1800. The van der Waals surface area contributed by atoms with Crippen molar-refractivity contribution >= 4 is 22.6 Å². The minimum Gasteiger partial charge on any atom is -0.437 e. The summed E-state index contributed by atoms with van der Waals surface area (Å²) >= 11 is 0. The van der Waals surface area contributed by atoms with Crippen LogP contribution in [0.5, 0.6) is 11.6 Å². The van der Waals surface area contributed by atoms with Crippen molar-refractivity contribution in [1.29, 1.82) is 0 Å². The number of fused-ring (bicyclic) bond motifs is 1. The van der Waals surface area contributed by atoms with Gasteiger partial charge in [-0.1, -0.05) is 12.1 Å². The minimum absolute atomic E-state index is 0.0895. The van der Waals surface area contributed by atoms with E-state index in [2.05, 4.69) is 30.2 Å². The molecule has 6 rings (SSSR count). The van der Waals surface area contributed by atoms with Crippen LogP contribution in [0, 0.1) is 6.92 Å². The Hall–Kier alpha value is -4.81. The molecule has 1 amide bonds. The summed E-state index contributed by atoms with van der Waals surface area (Å²) in [5.74, 6) is 0.485. The van der Waals surface area contributed by atoms with E-state index in [1.54, 1.807) is 48.9 Å². The number of pyridine rings is 1. The number of carbonyl (C=O) groups excluding carboxylic acids is 1. The van der Waals surface area contributed by atoms with Gasteiger partial charge >= 0.3 is 6.18 Å². The molecule has 0 spiro atoms. The largest absolute Gasteiger partial charge is 0.437 e. The van der Waals surface area contributed by atoms with Crippen LogP contribution in [0.3, 0.4) is 0 Å². The number of hydrogen-bond acceptors (Lipinski definition) is 7. The molecule has 0 bridgehead atoms. The number of alkyl halides is 3. The van der Waals surface area contributed by atoms with Gasteiger partial charge in [-0.05, 0) is 61.5 Å². The fraction of sp³-hybridized carbons (Fsp3) is 0.250. The van der Waals surface area contributed by atoms with Crippen molar-refractivity contribution in [3.05, 3.63) is 95.4 Å². The molecule has 1 fully saturated rings. The lowest BCUT2D eigenvalue weighted by molar-refractivity contribution is -0.138. The van der Waals surface area contributed by atoms with Crippen LogP contribution in [0.1, 0.15) is 27.0 Å². The fourth-order valence-corrected chi connectivity index (χ4v) is 5.08. The summed E-state index contributed by atoms with van der Waals surface area (Å²) in [6, 6.07) is 14.2. The summed E-state index contributed by atoms with van der Waals surface area (Å²) in [5.41, 5.74) is 2.38. The van der Waals surface area contributed by atoms with E-state index in [4.69, 9.17) is 4.74 Å². The normalized spacial score (nSPS) is 14.6. The Balaban J connectivity index is 1.23. The summed E-state index contributed by atoms with van der Waals surface area (Å²) in [6.45, 7) is 4.97. The fourth-order valence-electron chi connectivity index (χ4n) is 5.08. The van der Waals surface area contributed by atoms with Crippen molar-refractivity contribution in [1.82, 2.24) is 29.7 Å². The predicted octanol–water partition coefficient (Wildman–Crippen LogP) is 6.14. The van der Waals surface area contributed by atoms with Crippen molar-refractivity contribution in [2.24, 2.45) is 0 Å². The SMILES string of the molecule is Cc1ccc(NC(=O)c2ccc(CN3CCN(C)CC3)c(C(F)(F)F)c2)cc1Oc1nc(-c2ccncc2)nc2cc[nH]c12. The number of likely N-dealkylation sites (N-methyl/N-ethyl adjacent to an activating group) is 1. The van der Waals surface area contributed by atoms with Crippen LogP contribution in [0.25, 0.3) is 22.4 Å². The monoisotopic (exact) mass is 601 g/mol. The molecule has 3 aromatic heterocycles. The van der Waals surface area contributed by atoms with Crippen molar-refractivity contribution in [3.8, 4) is 23.0 Å². The van der Waals surface area contributed by atoms with Crippen LogP contribution < -0.4 is 10.1 Å². The molecule has 9 nitrogen and oxygen atoms in total. The first-order chi connectivity index (χ1) is 21.1. The van der Waals surface area contributed by atoms with Crippen LogP contribution in [0.15, 0.2) is 73.2 Å². The molecule has 1 aliphatic rings. The number of nitrogens with one attached hydrogen (secondary N) is 2. The molecule has 0 radical (unpaired) electrons. The molecule has 1 aliphatic heterocycles. The molecule has 0 atom stereocenters. The molecule has 2 aromatic carbocycles. The average Bonchev–Trinajstić information content (AvgIpc) is 3.49. The number of rotatable bonds is 7. The highest BCUT2D eigenvalue weighted by Crippen LogP contribution is 2.35. The van der Waals surface area contributed by atoms with E-state index in [0.29, 0.717) is 41.4 Å². The van der Waals surface area contributed by atoms with Gasteiger partial charge < -0.3 is 19.9 Å². The Labute approximate surface area is 251 Å². The molecule has 44 heavy (non-hydrogen) atoms. The zero-order valence-corrected chi connectivity index (χ0v) is 24.2. The summed E-state index contributed by atoms with van der Waals surface area (Å²) in [6.07, 6.45) is 0.432. The van der Waals surface area contributed by atoms with Crippen LogP contribution in [0.2, 0.25) is 0 Å². The Morgan fingerprint density at radius 3 is 2.52 bits per heavy atom. The van der Waals surface area contributed by atoms with Crippen molar-refractivity contribution < 1.29 is 22.7 Å². The van der Waals surface area contributed by atoms with Gasteiger partial charge in [0.1, 0.15) is 11.3 Å². The van der Waals surface area contributed by atoms with E-state index in [1.807, 2.05) is 24.9 Å². The van der Waals surface area contributed by atoms with Crippen LogP contribution in [-0.2, 0) is 12.7 Å². The second-order valence-corrected chi connectivity index (χ2v) is 10.8. The lowest BCUT2D eigenvalue weighted by Gasteiger charge is -2.33. The molecule has 5 aromatic rings. The second-order valence-electron chi connectivity index (χ2n) is 10.8. The van der Waals surface area contributed by atoms with Gasteiger partial charge in [-0.3, -0.25) is 14.7 Å². The number of ether oxygens (including phenoxy) is 1. The van der Waals surface area contributed by atoms with Gasteiger partial charge in [0.25, 0.3) is 5.91 Å². The van der Waals surface area contributed by atoms with Crippen molar-refractivity contribution in [2.75, 3.05) is 38.5 Å². The Morgan fingerprint density at radius 1 is 1.00 bits per heavy atom. The standard InChI is InChI=1S/C32H30F3N7O2/c1-20-3-6-24(18-27(20)44-31-28-26(9-12-37-28)39-29(40-31)21-7-10-36-11-8-21)38-30(43)22-4-5-23(25(17-22)32(33,34)35)19-42-15-13-41(2)14-16-42/h3-12,17-18,37H,13-16,19H2,1-2H3,(H,38,43). The highest BCUT2D eigenvalue weighted by molar-refractivity contribution is 6.04. The maximum absolute atomic E-state index is 14.1. The molecule has 226 valence electrons. The topological polar surface area (TPSA) is 99.3 Å². The van der Waals surface area contributed by atoms with E-state index in [9.17, 15) is 18.0 Å². The second kappa shape index (κ2) is 12.1. The summed E-state index contributed by atoms with van der Waals surface area (Å²) < 4.78 is 48.4. The maximum atomic E-state index is 14.1. The van der Waals surface area contributed by atoms with Gasteiger partial charge in [0.05, 0.1) is 11.1 Å². The number of H-pyrrole nitrogens is 1. The molecular weight excluding hydrogens is 571 g/mol. The number of hydrogen-bond donors (Lipinski definition) is 2. The van der Waals surface area contributed by atoms with E-state index >= 15 is 0 Å². The third-order valence-electron chi connectivity index (χ3n) is 7.63. The highest BCUT2D eigenvalue weighted by Gasteiger charge is 2.34. The molecule has 0 unspecified atom stereocenters. The molecule has 1 saturated heterocycles. The average molecular weight is 602 g/mol. The number of benzene rings is 2. The summed E-state index contributed by atoms with van der Waals surface area (Å²) in [7, 11) is 1.99. The first kappa shape index (κ1) is 29.3. The molecule has 0 saturated carbocycles. The Morgan fingerprint density at radius 2 is 1.77 bits per heavy atom. The zero-order chi connectivity index (χ0) is 30.8. The van der Waals surface area contributed by atoms with Crippen LogP contribution in [0.4, 0.5) is 18.9 Å². The molecule has 12 heteroatoms. The number of halogens is 3. The van der Waals surface area contributed by atoms with Gasteiger partial charge in [-0.15, -0.1) is 0 Å². The van der Waals surface area contributed by atoms with Crippen molar-refractivity contribution in [2.45, 2.75) is 19.6 Å². The Kier molecular flexibility index (Phi) is 8.02. The number of nitrogens with zero attached hydrogens (tertiary/aromatic N) is 5. The third kappa shape index (κ3) is 6.41. The minimum atomic E-state index is -4.60. The summed E-state index contributed by atoms with van der Waals surface area (Å²) in [5, 5.41) is 2.72. The van der Waals surface area contributed by atoms with Crippen LogP contribution in [-0.4, -0.2) is 68.9 Å². The van der Waals surface area contributed by atoms with Gasteiger partial charge in [0.15, 0.2) is 5.82 Å². The zero-order valence-electron chi connectivity index (χ0n) is 24.2. The van der Waals surface area contributed by atoms with Gasteiger partial charge in [0, 0.05) is 74.2 Å². The molecule has 0 aliphatic carbocycles. The van der Waals surface area contributed by atoms with Crippen molar-refractivity contribution in [3.63, 3.8) is 0 Å². The quantitative estimate of drug-likeness (QED) is 0.231. The third-order valence-corrected chi connectivity index (χ3v) is 7.63. The first-order valence-corrected chi connectivity index (χ1v) is 14.1. The summed E-state index contributed by atoms with van der Waals surface area (Å²) in [4.78, 5) is 33.6. The van der Waals surface area contributed by atoms with E-state index < -0.39 is 17.6 Å². The number of aromatic nitrogens is 4. The van der Waals surface area contributed by atoms with E-state index in [1.165, 1.54) is 12.1 Å². The number of carbonyl (C=O) groups is 1. The number of aryl methyl sites for hydroxylation is 1. The van der Waals surface area contributed by atoms with E-state index in [0.717, 1.165) is 30.3 Å². The molecular formula is C32H30F3N7O2. The molecule has 2 N–H and O–H groups in total. The lowest BCUT2D eigenvalue weighted by atomic mass is 10.0. The smallest absolute Gasteiger partial charge is 0.416 e.